The molecule has 0 radical (unpaired) electrons. The average molecular weight is 465 g/mol. The van der Waals surface area contributed by atoms with Gasteiger partial charge in [-0.25, -0.2) is 0 Å². The van der Waals surface area contributed by atoms with Gasteiger partial charge in [-0.15, -0.1) is 0 Å². The van der Waals surface area contributed by atoms with E-state index in [1.165, 1.54) is 0 Å². The first-order valence-corrected chi connectivity index (χ1v) is 10.1. The molecule has 0 saturated heterocycles. The molecule has 1 atom stereocenters. The number of aliphatic hydroxyl groups is 1. The molecular weight excluding hydrogens is 446 g/mol. The van der Waals surface area contributed by atoms with Gasteiger partial charge in [-0.05, 0) is 54.6 Å². The van der Waals surface area contributed by atoms with Crippen LogP contribution in [0, 0.1) is 0 Å². The molecule has 130 valence electrons. The topological polar surface area (TPSA) is 42.4 Å². The van der Waals surface area contributed by atoms with E-state index in [9.17, 15) is 5.11 Å². The molecule has 0 aliphatic carbocycles. The molecular formula is C20H19Br2NO2. The fraction of sp³-hybridized carbons (Fsp3) is 0.250. The lowest BCUT2D eigenvalue weighted by Crippen LogP contribution is -2.17. The van der Waals surface area contributed by atoms with Crippen molar-refractivity contribution in [1.82, 2.24) is 4.98 Å². The third-order valence-electron chi connectivity index (χ3n) is 3.97. The number of alkyl halides is 1. The number of ether oxygens (including phenoxy) is 1. The number of rotatable bonds is 7. The minimum atomic E-state index is -0.441. The maximum Gasteiger partial charge on any atom is 0.120 e. The summed E-state index contributed by atoms with van der Waals surface area (Å²) in [7, 11) is 0. The SMILES string of the molecule is OC(CCCBr)COc1ccc2c(-c3ccc(Br)cc3)nccc2c1. The highest BCUT2D eigenvalue weighted by Crippen LogP contribution is 2.29. The van der Waals surface area contributed by atoms with E-state index in [0.717, 1.165) is 50.4 Å². The average Bonchev–Trinajstić information content (AvgIpc) is 2.64. The summed E-state index contributed by atoms with van der Waals surface area (Å²) in [6.45, 7) is 0.309. The van der Waals surface area contributed by atoms with Crippen LogP contribution < -0.4 is 4.74 Å². The third-order valence-corrected chi connectivity index (χ3v) is 5.06. The lowest BCUT2D eigenvalue weighted by Gasteiger charge is -2.13. The van der Waals surface area contributed by atoms with Crippen molar-refractivity contribution in [3.63, 3.8) is 0 Å². The fourth-order valence-corrected chi connectivity index (χ4v) is 3.26. The largest absolute Gasteiger partial charge is 0.491 e. The molecule has 2 aromatic carbocycles. The van der Waals surface area contributed by atoms with E-state index in [2.05, 4.69) is 49.0 Å². The van der Waals surface area contributed by atoms with Gasteiger partial charge in [0.15, 0.2) is 0 Å². The van der Waals surface area contributed by atoms with E-state index in [0.29, 0.717) is 6.61 Å². The molecule has 3 nitrogen and oxygen atoms in total. The van der Waals surface area contributed by atoms with Gasteiger partial charge in [0.25, 0.3) is 0 Å². The summed E-state index contributed by atoms with van der Waals surface area (Å²) >= 11 is 6.83. The van der Waals surface area contributed by atoms with Gasteiger partial charge in [-0.3, -0.25) is 4.98 Å². The highest BCUT2D eigenvalue weighted by Gasteiger charge is 2.08. The second-order valence-electron chi connectivity index (χ2n) is 5.85. The first-order chi connectivity index (χ1) is 12.2. The number of aromatic nitrogens is 1. The molecule has 0 aliphatic rings. The van der Waals surface area contributed by atoms with Crippen LogP contribution in [0.3, 0.4) is 0 Å². The molecule has 0 spiro atoms. The lowest BCUT2D eigenvalue weighted by molar-refractivity contribution is 0.0997. The summed E-state index contributed by atoms with van der Waals surface area (Å²) < 4.78 is 6.79. The Kier molecular flexibility index (Phi) is 6.45. The zero-order valence-corrected chi connectivity index (χ0v) is 16.8. The number of fused-ring (bicyclic) bond motifs is 1. The monoisotopic (exact) mass is 463 g/mol. The summed E-state index contributed by atoms with van der Waals surface area (Å²) in [5.74, 6) is 0.762. The van der Waals surface area contributed by atoms with Crippen molar-refractivity contribution in [1.29, 1.82) is 0 Å². The van der Waals surface area contributed by atoms with Crippen LogP contribution in [0.5, 0.6) is 5.75 Å². The van der Waals surface area contributed by atoms with Gasteiger partial charge in [0, 0.05) is 26.9 Å². The highest BCUT2D eigenvalue weighted by atomic mass is 79.9. The van der Waals surface area contributed by atoms with Crippen LogP contribution >= 0.6 is 31.9 Å². The van der Waals surface area contributed by atoms with Crippen molar-refractivity contribution in [2.75, 3.05) is 11.9 Å². The van der Waals surface area contributed by atoms with Crippen molar-refractivity contribution >= 4 is 42.6 Å². The van der Waals surface area contributed by atoms with Crippen molar-refractivity contribution in [2.45, 2.75) is 18.9 Å². The lowest BCUT2D eigenvalue weighted by atomic mass is 10.0. The number of hydrogen-bond donors (Lipinski definition) is 1. The van der Waals surface area contributed by atoms with Gasteiger partial charge in [-0.1, -0.05) is 44.0 Å². The summed E-state index contributed by atoms with van der Waals surface area (Å²) in [6, 6.07) is 16.1. The first kappa shape index (κ1) is 18.4. The Hall–Kier alpha value is -1.43. The quantitative estimate of drug-likeness (QED) is 0.464. The van der Waals surface area contributed by atoms with Gasteiger partial charge in [0.05, 0.1) is 11.8 Å². The molecule has 1 heterocycles. The molecule has 1 aromatic heterocycles. The molecule has 5 heteroatoms. The minimum absolute atomic E-state index is 0.309. The van der Waals surface area contributed by atoms with Crippen LogP contribution in [0.25, 0.3) is 22.0 Å². The Morgan fingerprint density at radius 2 is 1.88 bits per heavy atom. The number of aliphatic hydroxyl groups excluding tert-OH is 1. The van der Waals surface area contributed by atoms with E-state index in [1.807, 2.05) is 42.6 Å². The fourth-order valence-electron chi connectivity index (χ4n) is 2.67. The van der Waals surface area contributed by atoms with Gasteiger partial charge in [-0.2, -0.15) is 0 Å². The Labute approximate surface area is 164 Å². The molecule has 0 bridgehead atoms. The predicted molar refractivity (Wildman–Crippen MR) is 109 cm³/mol. The normalized spacial score (nSPS) is 12.3. The van der Waals surface area contributed by atoms with Crippen molar-refractivity contribution in [3.8, 4) is 17.0 Å². The molecule has 3 rings (SSSR count). The van der Waals surface area contributed by atoms with Crippen LogP contribution in [0.15, 0.2) is 59.2 Å². The van der Waals surface area contributed by atoms with Gasteiger partial charge >= 0.3 is 0 Å². The maximum atomic E-state index is 9.91. The number of pyridine rings is 1. The molecule has 1 N–H and O–H groups in total. The molecule has 25 heavy (non-hydrogen) atoms. The second-order valence-corrected chi connectivity index (χ2v) is 7.55. The number of halogens is 2. The van der Waals surface area contributed by atoms with Crippen LogP contribution in [0.4, 0.5) is 0 Å². The summed E-state index contributed by atoms with van der Waals surface area (Å²) in [5, 5.41) is 13.0. The molecule has 3 aromatic rings. The maximum absolute atomic E-state index is 9.91. The smallest absolute Gasteiger partial charge is 0.120 e. The highest BCUT2D eigenvalue weighted by molar-refractivity contribution is 9.10. The zero-order chi connectivity index (χ0) is 17.6. The Bertz CT molecular complexity index is 837. The first-order valence-electron chi connectivity index (χ1n) is 8.19. The van der Waals surface area contributed by atoms with Crippen molar-refractivity contribution in [3.05, 3.63) is 59.2 Å². The van der Waals surface area contributed by atoms with Crippen LogP contribution in [0.1, 0.15) is 12.8 Å². The third kappa shape index (κ3) is 4.81. The van der Waals surface area contributed by atoms with E-state index in [1.54, 1.807) is 0 Å². The zero-order valence-electron chi connectivity index (χ0n) is 13.7. The summed E-state index contributed by atoms with van der Waals surface area (Å²) in [5.41, 5.74) is 2.03. The summed E-state index contributed by atoms with van der Waals surface area (Å²) in [4.78, 5) is 4.54. The second kappa shape index (κ2) is 8.79. The van der Waals surface area contributed by atoms with Crippen LogP contribution in [-0.4, -0.2) is 28.1 Å². The number of benzene rings is 2. The van der Waals surface area contributed by atoms with E-state index in [4.69, 9.17) is 4.74 Å². The van der Waals surface area contributed by atoms with E-state index < -0.39 is 6.10 Å². The number of hydrogen-bond acceptors (Lipinski definition) is 3. The Balaban J connectivity index is 1.81. The number of nitrogens with zero attached hydrogens (tertiary/aromatic N) is 1. The van der Waals surface area contributed by atoms with Gasteiger partial charge < -0.3 is 9.84 Å². The van der Waals surface area contributed by atoms with Crippen LogP contribution in [0.2, 0.25) is 0 Å². The van der Waals surface area contributed by atoms with Crippen LogP contribution in [-0.2, 0) is 0 Å². The molecule has 0 fully saturated rings. The van der Waals surface area contributed by atoms with E-state index >= 15 is 0 Å². The Morgan fingerprint density at radius 3 is 2.64 bits per heavy atom. The molecule has 0 saturated carbocycles. The van der Waals surface area contributed by atoms with Gasteiger partial charge in [0.1, 0.15) is 12.4 Å². The van der Waals surface area contributed by atoms with E-state index in [-0.39, 0.29) is 0 Å². The predicted octanol–water partition coefficient (Wildman–Crippen LogP) is 5.58. The summed E-state index contributed by atoms with van der Waals surface area (Å²) in [6.07, 6.45) is 3.04. The molecule has 1 unspecified atom stereocenters. The molecule has 0 amide bonds. The van der Waals surface area contributed by atoms with Gasteiger partial charge in [0.2, 0.25) is 0 Å². The van der Waals surface area contributed by atoms with Crippen molar-refractivity contribution < 1.29 is 9.84 Å². The Morgan fingerprint density at radius 1 is 1.08 bits per heavy atom. The minimum Gasteiger partial charge on any atom is -0.491 e. The standard InChI is InChI=1S/C20H19Br2NO2/c21-10-1-2-17(24)13-25-18-7-8-19-15(12-18)9-11-23-20(19)14-3-5-16(22)6-4-14/h3-9,11-12,17,24H,1-2,10,13H2. The van der Waals surface area contributed by atoms with Crippen molar-refractivity contribution in [2.24, 2.45) is 0 Å². The molecule has 0 aliphatic heterocycles.